The molecule has 2 aromatic rings. The fourth-order valence-corrected chi connectivity index (χ4v) is 4.53. The molecular formula is C22H24ClN3O2. The molecule has 0 bridgehead atoms. The first-order chi connectivity index (χ1) is 13.0. The van der Waals surface area contributed by atoms with Gasteiger partial charge in [0.15, 0.2) is 0 Å². The van der Waals surface area contributed by atoms with Crippen LogP contribution in [-0.2, 0) is 0 Å². The normalized spacial score (nSPS) is 24.5. The molecule has 0 saturated heterocycles. The SMILES string of the molecule is CC1(C)C(Oc2ccc(C#N)c(Cl)c2)C(C)(C)C1(N)NC(=O)c1ccccc1. The predicted octanol–water partition coefficient (Wildman–Crippen LogP) is 4.11. The molecule has 3 N–H and O–H groups in total. The molecule has 2 aromatic carbocycles. The van der Waals surface area contributed by atoms with E-state index in [0.717, 1.165) is 0 Å². The lowest BCUT2D eigenvalue weighted by Crippen LogP contribution is -2.87. The molecule has 0 atom stereocenters. The number of ether oxygens (including phenoxy) is 1. The summed E-state index contributed by atoms with van der Waals surface area (Å²) in [4.78, 5) is 12.7. The smallest absolute Gasteiger partial charge is 0.252 e. The van der Waals surface area contributed by atoms with Gasteiger partial charge in [0, 0.05) is 22.5 Å². The Hall–Kier alpha value is -2.55. The quantitative estimate of drug-likeness (QED) is 0.760. The Morgan fingerprint density at radius 3 is 2.29 bits per heavy atom. The first-order valence-electron chi connectivity index (χ1n) is 9.07. The number of hydrogen-bond donors (Lipinski definition) is 2. The molecule has 1 aliphatic carbocycles. The minimum absolute atomic E-state index is 0.218. The molecule has 1 amide bonds. The van der Waals surface area contributed by atoms with Crippen LogP contribution in [0.25, 0.3) is 0 Å². The summed E-state index contributed by atoms with van der Waals surface area (Å²) in [7, 11) is 0. The Morgan fingerprint density at radius 1 is 1.14 bits per heavy atom. The van der Waals surface area contributed by atoms with E-state index < -0.39 is 16.5 Å². The Labute approximate surface area is 170 Å². The predicted molar refractivity (Wildman–Crippen MR) is 109 cm³/mol. The number of carbonyl (C=O) groups excluding carboxylic acids is 1. The maximum Gasteiger partial charge on any atom is 0.252 e. The number of nitriles is 1. The fraction of sp³-hybridized carbons (Fsp3) is 0.364. The largest absolute Gasteiger partial charge is 0.489 e. The summed E-state index contributed by atoms with van der Waals surface area (Å²) in [6.07, 6.45) is -0.273. The lowest BCUT2D eigenvalue weighted by molar-refractivity contribution is -0.223. The van der Waals surface area contributed by atoms with E-state index in [1.807, 2.05) is 52.0 Å². The molecule has 0 spiro atoms. The lowest BCUT2D eigenvalue weighted by atomic mass is 9.45. The van der Waals surface area contributed by atoms with Crippen molar-refractivity contribution >= 4 is 17.5 Å². The van der Waals surface area contributed by atoms with Crippen LogP contribution in [0.15, 0.2) is 48.5 Å². The first-order valence-corrected chi connectivity index (χ1v) is 9.45. The van der Waals surface area contributed by atoms with E-state index >= 15 is 0 Å². The third-order valence-corrected chi connectivity index (χ3v) is 6.32. The number of amides is 1. The van der Waals surface area contributed by atoms with Crippen LogP contribution in [-0.4, -0.2) is 17.7 Å². The summed E-state index contributed by atoms with van der Waals surface area (Å²) in [6.45, 7) is 7.89. The Kier molecular flexibility index (Phi) is 4.91. The zero-order valence-electron chi connectivity index (χ0n) is 16.4. The molecule has 28 heavy (non-hydrogen) atoms. The molecule has 3 rings (SSSR count). The third-order valence-electron chi connectivity index (χ3n) is 6.01. The summed E-state index contributed by atoms with van der Waals surface area (Å²) in [5.74, 6) is 0.343. The van der Waals surface area contributed by atoms with Crippen molar-refractivity contribution in [1.82, 2.24) is 5.32 Å². The highest BCUT2D eigenvalue weighted by molar-refractivity contribution is 6.31. The van der Waals surface area contributed by atoms with Crippen LogP contribution in [0.5, 0.6) is 5.75 Å². The monoisotopic (exact) mass is 397 g/mol. The summed E-state index contributed by atoms with van der Waals surface area (Å²) < 4.78 is 6.22. The maximum atomic E-state index is 12.7. The number of nitrogens with zero attached hydrogens (tertiary/aromatic N) is 1. The second kappa shape index (κ2) is 6.80. The molecule has 0 aliphatic heterocycles. The van der Waals surface area contributed by atoms with Gasteiger partial charge in [-0.3, -0.25) is 4.79 Å². The van der Waals surface area contributed by atoms with Crippen molar-refractivity contribution in [3.05, 3.63) is 64.7 Å². The highest BCUT2D eigenvalue weighted by Gasteiger charge is 2.73. The zero-order valence-corrected chi connectivity index (χ0v) is 17.2. The van der Waals surface area contributed by atoms with Gasteiger partial charge in [0.25, 0.3) is 5.91 Å². The van der Waals surface area contributed by atoms with Crippen LogP contribution < -0.4 is 15.8 Å². The van der Waals surface area contributed by atoms with Crippen LogP contribution in [0.1, 0.15) is 43.6 Å². The number of benzene rings is 2. The number of nitrogens with one attached hydrogen (secondary N) is 1. The van der Waals surface area contributed by atoms with E-state index in [2.05, 4.69) is 5.32 Å². The molecule has 6 heteroatoms. The molecule has 0 unspecified atom stereocenters. The summed E-state index contributed by atoms with van der Waals surface area (Å²) in [5.41, 5.74) is 5.60. The van der Waals surface area contributed by atoms with Crippen molar-refractivity contribution < 1.29 is 9.53 Å². The van der Waals surface area contributed by atoms with Crippen molar-refractivity contribution in [3.63, 3.8) is 0 Å². The first kappa shape index (κ1) is 20.2. The van der Waals surface area contributed by atoms with Crippen LogP contribution in [0, 0.1) is 22.2 Å². The number of halogens is 1. The van der Waals surface area contributed by atoms with Gasteiger partial charge in [-0.05, 0) is 24.3 Å². The topological polar surface area (TPSA) is 88.1 Å². The van der Waals surface area contributed by atoms with Crippen molar-refractivity contribution in [3.8, 4) is 11.8 Å². The van der Waals surface area contributed by atoms with Gasteiger partial charge >= 0.3 is 0 Å². The zero-order chi connectivity index (χ0) is 20.7. The lowest BCUT2D eigenvalue weighted by Gasteiger charge is -2.69. The van der Waals surface area contributed by atoms with Gasteiger partial charge < -0.3 is 15.8 Å². The maximum absolute atomic E-state index is 12.7. The van der Waals surface area contributed by atoms with Crippen molar-refractivity contribution in [2.45, 2.75) is 39.5 Å². The molecule has 1 aliphatic rings. The molecule has 0 heterocycles. The number of hydrogen-bond acceptors (Lipinski definition) is 4. The number of carbonyl (C=O) groups is 1. The standard InChI is InChI=1S/C22H24ClN3O2/c1-20(2)19(28-16-11-10-15(13-24)17(23)12-16)21(3,4)22(20,25)26-18(27)14-8-6-5-7-9-14/h5-12,19H,25H2,1-4H3,(H,26,27). The van der Waals surface area contributed by atoms with E-state index in [4.69, 9.17) is 27.3 Å². The number of rotatable bonds is 4. The van der Waals surface area contributed by atoms with Crippen molar-refractivity contribution in [1.29, 1.82) is 5.26 Å². The molecular weight excluding hydrogens is 374 g/mol. The van der Waals surface area contributed by atoms with Crippen molar-refractivity contribution in [2.75, 3.05) is 0 Å². The minimum atomic E-state index is -0.978. The molecule has 5 nitrogen and oxygen atoms in total. The van der Waals surface area contributed by atoms with E-state index in [9.17, 15) is 4.79 Å². The van der Waals surface area contributed by atoms with Gasteiger partial charge in [-0.1, -0.05) is 57.5 Å². The van der Waals surface area contributed by atoms with Crippen molar-refractivity contribution in [2.24, 2.45) is 16.6 Å². The summed E-state index contributed by atoms with van der Waals surface area (Å²) in [5, 5.41) is 12.4. The molecule has 146 valence electrons. The average molecular weight is 398 g/mol. The van der Waals surface area contributed by atoms with Gasteiger partial charge in [0.1, 0.15) is 23.6 Å². The van der Waals surface area contributed by atoms with E-state index in [0.29, 0.717) is 21.9 Å². The highest BCUT2D eigenvalue weighted by Crippen LogP contribution is 2.60. The van der Waals surface area contributed by atoms with Crippen LogP contribution >= 0.6 is 11.6 Å². The summed E-state index contributed by atoms with van der Waals surface area (Å²) in [6, 6.07) is 16.0. The molecule has 0 aromatic heterocycles. The molecule has 1 fully saturated rings. The van der Waals surface area contributed by atoms with E-state index in [1.165, 1.54) is 0 Å². The fourth-order valence-electron chi connectivity index (χ4n) is 4.32. The summed E-state index contributed by atoms with van der Waals surface area (Å²) >= 11 is 6.12. The van der Waals surface area contributed by atoms with Gasteiger partial charge in [0.05, 0.1) is 10.6 Å². The van der Waals surface area contributed by atoms with Crippen LogP contribution in [0.3, 0.4) is 0 Å². The van der Waals surface area contributed by atoms with Gasteiger partial charge in [-0.2, -0.15) is 5.26 Å². The second-order valence-corrected chi connectivity index (χ2v) is 8.73. The van der Waals surface area contributed by atoms with E-state index in [1.54, 1.807) is 30.3 Å². The average Bonchev–Trinajstić information content (AvgIpc) is 2.66. The highest BCUT2D eigenvalue weighted by atomic mass is 35.5. The Morgan fingerprint density at radius 2 is 1.75 bits per heavy atom. The molecule has 1 saturated carbocycles. The minimum Gasteiger partial charge on any atom is -0.489 e. The van der Waals surface area contributed by atoms with Gasteiger partial charge in [-0.25, -0.2) is 0 Å². The third kappa shape index (κ3) is 2.94. The van der Waals surface area contributed by atoms with Crippen LogP contribution in [0.2, 0.25) is 5.02 Å². The van der Waals surface area contributed by atoms with E-state index in [-0.39, 0.29) is 12.0 Å². The molecule has 0 radical (unpaired) electrons. The van der Waals surface area contributed by atoms with Gasteiger partial charge in [0.2, 0.25) is 0 Å². The van der Waals surface area contributed by atoms with Crippen LogP contribution in [0.4, 0.5) is 0 Å². The Balaban J connectivity index is 1.84. The number of nitrogens with two attached hydrogens (primary N) is 1. The second-order valence-electron chi connectivity index (χ2n) is 8.32. The van der Waals surface area contributed by atoms with Gasteiger partial charge in [-0.15, -0.1) is 0 Å². The Bertz CT molecular complexity index is 932.